The number of nitrogens with zero attached hydrogens (tertiary/aromatic N) is 2. The summed E-state index contributed by atoms with van der Waals surface area (Å²) in [4.78, 5) is 12.0. The van der Waals surface area contributed by atoms with E-state index in [2.05, 4.69) is 10.4 Å². The zero-order valence-corrected chi connectivity index (χ0v) is 13.5. The van der Waals surface area contributed by atoms with Crippen LogP contribution in [0.5, 0.6) is 5.75 Å². The number of nitrogens with one attached hydrogen (secondary N) is 1. The van der Waals surface area contributed by atoms with Crippen LogP contribution in [-0.2, 0) is 11.3 Å². The Morgan fingerprint density at radius 1 is 1.17 bits per heavy atom. The molecule has 2 aromatic carbocycles. The second-order valence-electron chi connectivity index (χ2n) is 5.45. The summed E-state index contributed by atoms with van der Waals surface area (Å²) >= 11 is 0. The molecule has 5 nitrogen and oxygen atoms in total. The first-order valence-electron chi connectivity index (χ1n) is 7.76. The Kier molecular flexibility index (Phi) is 4.91. The number of hydrogen-bond acceptors (Lipinski definition) is 3. The summed E-state index contributed by atoms with van der Waals surface area (Å²) in [5.41, 5.74) is 2.98. The third kappa shape index (κ3) is 4.01. The van der Waals surface area contributed by atoms with E-state index >= 15 is 0 Å². The van der Waals surface area contributed by atoms with Crippen molar-refractivity contribution in [3.8, 4) is 11.4 Å². The van der Waals surface area contributed by atoms with Gasteiger partial charge in [-0.2, -0.15) is 5.10 Å². The number of para-hydroxylation sites is 1. The minimum atomic E-state index is -0.150. The summed E-state index contributed by atoms with van der Waals surface area (Å²) in [6.07, 6.45) is 3.62. The average Bonchev–Trinajstić information content (AvgIpc) is 3.14. The van der Waals surface area contributed by atoms with Crippen molar-refractivity contribution >= 4 is 5.91 Å². The third-order valence-corrected chi connectivity index (χ3v) is 3.62. The monoisotopic (exact) mass is 321 g/mol. The molecule has 24 heavy (non-hydrogen) atoms. The van der Waals surface area contributed by atoms with Crippen LogP contribution in [0.4, 0.5) is 0 Å². The number of rotatable bonds is 6. The van der Waals surface area contributed by atoms with Gasteiger partial charge in [0.25, 0.3) is 5.91 Å². The molecule has 0 spiro atoms. The summed E-state index contributed by atoms with van der Waals surface area (Å²) in [5.74, 6) is 0.580. The summed E-state index contributed by atoms with van der Waals surface area (Å²) < 4.78 is 7.33. The van der Waals surface area contributed by atoms with E-state index in [1.807, 2.05) is 67.7 Å². The fraction of sp³-hybridized carbons (Fsp3) is 0.158. The van der Waals surface area contributed by atoms with Crippen molar-refractivity contribution in [2.24, 2.45) is 0 Å². The minimum absolute atomic E-state index is 0.00367. The third-order valence-electron chi connectivity index (χ3n) is 3.62. The van der Waals surface area contributed by atoms with Gasteiger partial charge in [-0.15, -0.1) is 0 Å². The number of carbonyl (C=O) groups is 1. The standard InChI is InChI=1S/C19H19N3O2/c1-15-6-2-3-9-18(15)24-14-19(23)20-13-16-7-4-8-17(12-16)22-11-5-10-21-22/h2-12H,13-14H2,1H3,(H,20,23). The van der Waals surface area contributed by atoms with E-state index < -0.39 is 0 Å². The quantitative estimate of drug-likeness (QED) is 0.759. The predicted molar refractivity (Wildman–Crippen MR) is 92.1 cm³/mol. The van der Waals surface area contributed by atoms with E-state index in [0.29, 0.717) is 6.54 Å². The molecular formula is C19H19N3O2. The number of benzene rings is 2. The van der Waals surface area contributed by atoms with Gasteiger partial charge in [0.15, 0.2) is 6.61 Å². The Hall–Kier alpha value is -3.08. The number of ether oxygens (including phenoxy) is 1. The van der Waals surface area contributed by atoms with Gasteiger partial charge in [0, 0.05) is 18.9 Å². The van der Waals surface area contributed by atoms with Crippen molar-refractivity contribution in [3.63, 3.8) is 0 Å². The molecule has 0 aliphatic heterocycles. The largest absolute Gasteiger partial charge is 0.484 e. The Morgan fingerprint density at radius 3 is 2.83 bits per heavy atom. The van der Waals surface area contributed by atoms with Crippen LogP contribution in [0, 0.1) is 6.92 Å². The highest BCUT2D eigenvalue weighted by Crippen LogP contribution is 2.15. The molecule has 0 unspecified atom stereocenters. The number of aryl methyl sites for hydroxylation is 1. The first-order chi connectivity index (χ1) is 11.7. The maximum atomic E-state index is 12.0. The molecule has 3 rings (SSSR count). The van der Waals surface area contributed by atoms with E-state index in [4.69, 9.17) is 4.74 Å². The second-order valence-corrected chi connectivity index (χ2v) is 5.45. The predicted octanol–water partition coefficient (Wildman–Crippen LogP) is 2.88. The summed E-state index contributed by atoms with van der Waals surface area (Å²) in [6, 6.07) is 17.4. The van der Waals surface area contributed by atoms with Crippen molar-refractivity contribution in [2.45, 2.75) is 13.5 Å². The molecule has 1 N–H and O–H groups in total. The van der Waals surface area contributed by atoms with E-state index in [0.717, 1.165) is 22.6 Å². The lowest BCUT2D eigenvalue weighted by atomic mass is 10.2. The van der Waals surface area contributed by atoms with Crippen molar-refractivity contribution in [1.29, 1.82) is 0 Å². The van der Waals surface area contributed by atoms with Crippen LogP contribution in [0.3, 0.4) is 0 Å². The van der Waals surface area contributed by atoms with Crippen LogP contribution < -0.4 is 10.1 Å². The lowest BCUT2D eigenvalue weighted by molar-refractivity contribution is -0.123. The van der Waals surface area contributed by atoms with Crippen LogP contribution in [0.15, 0.2) is 67.0 Å². The molecule has 3 aromatic rings. The molecule has 0 saturated carbocycles. The van der Waals surface area contributed by atoms with Crippen LogP contribution >= 0.6 is 0 Å². The number of carbonyl (C=O) groups excluding carboxylic acids is 1. The number of amides is 1. The lowest BCUT2D eigenvalue weighted by Gasteiger charge is -2.10. The Balaban J connectivity index is 1.53. The van der Waals surface area contributed by atoms with E-state index in [-0.39, 0.29) is 12.5 Å². The van der Waals surface area contributed by atoms with Crippen LogP contribution in [0.25, 0.3) is 5.69 Å². The minimum Gasteiger partial charge on any atom is -0.484 e. The van der Waals surface area contributed by atoms with Crippen molar-refractivity contribution < 1.29 is 9.53 Å². The molecule has 0 aliphatic carbocycles. The normalized spacial score (nSPS) is 10.4. The molecule has 0 atom stereocenters. The van der Waals surface area contributed by atoms with Gasteiger partial charge in [0.2, 0.25) is 0 Å². The zero-order valence-electron chi connectivity index (χ0n) is 13.5. The average molecular weight is 321 g/mol. The SMILES string of the molecule is Cc1ccccc1OCC(=O)NCc1cccc(-n2cccn2)c1. The van der Waals surface area contributed by atoms with Crippen molar-refractivity contribution in [1.82, 2.24) is 15.1 Å². The summed E-state index contributed by atoms with van der Waals surface area (Å²) in [7, 11) is 0. The van der Waals surface area contributed by atoms with E-state index in [9.17, 15) is 4.79 Å². The molecule has 0 radical (unpaired) electrons. The highest BCUT2D eigenvalue weighted by Gasteiger charge is 2.05. The zero-order chi connectivity index (χ0) is 16.8. The smallest absolute Gasteiger partial charge is 0.258 e. The van der Waals surface area contributed by atoms with Gasteiger partial charge in [-0.25, -0.2) is 4.68 Å². The summed E-state index contributed by atoms with van der Waals surface area (Å²) in [6.45, 7) is 2.41. The maximum Gasteiger partial charge on any atom is 0.258 e. The van der Waals surface area contributed by atoms with Gasteiger partial charge in [-0.3, -0.25) is 4.79 Å². The Morgan fingerprint density at radius 2 is 2.04 bits per heavy atom. The first-order valence-corrected chi connectivity index (χ1v) is 7.76. The number of aromatic nitrogens is 2. The second kappa shape index (κ2) is 7.46. The lowest BCUT2D eigenvalue weighted by Crippen LogP contribution is -2.28. The Labute approximate surface area is 140 Å². The molecule has 0 saturated heterocycles. The molecular weight excluding hydrogens is 302 g/mol. The summed E-state index contributed by atoms with van der Waals surface area (Å²) in [5, 5.41) is 7.07. The highest BCUT2D eigenvalue weighted by molar-refractivity contribution is 5.77. The molecule has 1 amide bonds. The van der Waals surface area contributed by atoms with Crippen molar-refractivity contribution in [3.05, 3.63) is 78.1 Å². The van der Waals surface area contributed by atoms with Gasteiger partial charge in [-0.1, -0.05) is 30.3 Å². The first kappa shape index (κ1) is 15.8. The van der Waals surface area contributed by atoms with Gasteiger partial charge in [-0.05, 0) is 42.3 Å². The molecule has 5 heteroatoms. The van der Waals surface area contributed by atoms with E-state index in [1.54, 1.807) is 10.9 Å². The topological polar surface area (TPSA) is 56.1 Å². The molecule has 0 bridgehead atoms. The van der Waals surface area contributed by atoms with Gasteiger partial charge in [0.05, 0.1) is 5.69 Å². The van der Waals surface area contributed by atoms with Gasteiger partial charge in [0.1, 0.15) is 5.75 Å². The molecule has 1 heterocycles. The van der Waals surface area contributed by atoms with Gasteiger partial charge < -0.3 is 10.1 Å². The molecule has 122 valence electrons. The molecule has 0 fully saturated rings. The fourth-order valence-corrected chi connectivity index (χ4v) is 2.34. The van der Waals surface area contributed by atoms with Crippen molar-refractivity contribution in [2.75, 3.05) is 6.61 Å². The fourth-order valence-electron chi connectivity index (χ4n) is 2.34. The Bertz CT molecular complexity index is 813. The van der Waals surface area contributed by atoms with Crippen LogP contribution in [0.2, 0.25) is 0 Å². The molecule has 1 aromatic heterocycles. The van der Waals surface area contributed by atoms with E-state index in [1.165, 1.54) is 0 Å². The maximum absolute atomic E-state index is 12.0. The van der Waals surface area contributed by atoms with Gasteiger partial charge >= 0.3 is 0 Å². The van der Waals surface area contributed by atoms with Crippen LogP contribution in [-0.4, -0.2) is 22.3 Å². The molecule has 0 aliphatic rings. The number of hydrogen-bond donors (Lipinski definition) is 1. The highest BCUT2D eigenvalue weighted by atomic mass is 16.5. The van der Waals surface area contributed by atoms with Crippen LogP contribution in [0.1, 0.15) is 11.1 Å².